The van der Waals surface area contributed by atoms with Crippen LogP contribution in [-0.2, 0) is 25.9 Å². The number of nitrogens with one attached hydrogen (secondary N) is 1. The van der Waals surface area contributed by atoms with Gasteiger partial charge >= 0.3 is 5.97 Å². The highest BCUT2D eigenvalue weighted by Gasteiger charge is 2.23. The second-order valence-corrected chi connectivity index (χ2v) is 8.00. The summed E-state index contributed by atoms with van der Waals surface area (Å²) in [6.45, 7) is 3.71. The Labute approximate surface area is 153 Å². The summed E-state index contributed by atoms with van der Waals surface area (Å²) in [7, 11) is -3.59. The summed E-state index contributed by atoms with van der Waals surface area (Å²) in [6.07, 6.45) is -0.0443. The lowest BCUT2D eigenvalue weighted by molar-refractivity contribution is -0.129. The normalized spacial score (nSPS) is 12.3. The minimum absolute atomic E-state index is 0.0896. The van der Waals surface area contributed by atoms with Gasteiger partial charge < -0.3 is 10.1 Å². The lowest BCUT2D eigenvalue weighted by Gasteiger charge is -2.15. The van der Waals surface area contributed by atoms with Crippen molar-refractivity contribution in [2.75, 3.05) is 6.26 Å². The summed E-state index contributed by atoms with van der Waals surface area (Å²) in [5.74, 6) is -1.32. The van der Waals surface area contributed by atoms with Crippen molar-refractivity contribution in [1.82, 2.24) is 5.32 Å². The van der Waals surface area contributed by atoms with Gasteiger partial charge in [-0.05, 0) is 31.5 Å². The summed E-state index contributed by atoms with van der Waals surface area (Å²) in [4.78, 5) is 24.3. The van der Waals surface area contributed by atoms with Crippen LogP contribution in [0.2, 0.25) is 0 Å². The predicted octanol–water partition coefficient (Wildman–Crippen LogP) is 2.26. The third-order valence-electron chi connectivity index (χ3n) is 3.75. The van der Waals surface area contributed by atoms with Crippen molar-refractivity contribution in [3.8, 4) is 0 Å². The minimum atomic E-state index is -3.59. The molecule has 7 heteroatoms. The lowest BCUT2D eigenvalue weighted by atomic mass is 10.1. The zero-order chi connectivity index (χ0) is 19.3. The highest BCUT2D eigenvalue weighted by Crippen LogP contribution is 2.17. The molecule has 0 heterocycles. The quantitative estimate of drug-likeness (QED) is 0.782. The summed E-state index contributed by atoms with van der Waals surface area (Å²) >= 11 is 0. The van der Waals surface area contributed by atoms with Crippen LogP contribution in [0.15, 0.2) is 53.4 Å². The van der Waals surface area contributed by atoms with Gasteiger partial charge in [-0.15, -0.1) is 0 Å². The summed E-state index contributed by atoms with van der Waals surface area (Å²) in [6, 6.07) is 13.4. The number of rotatable bonds is 6. The van der Waals surface area contributed by atoms with Crippen molar-refractivity contribution >= 4 is 21.7 Å². The van der Waals surface area contributed by atoms with Crippen molar-refractivity contribution in [2.45, 2.75) is 31.4 Å². The number of esters is 1. The van der Waals surface area contributed by atoms with E-state index in [2.05, 4.69) is 5.32 Å². The maximum absolute atomic E-state index is 12.3. The van der Waals surface area contributed by atoms with Gasteiger partial charge in [0, 0.05) is 12.8 Å². The molecule has 6 nitrogen and oxygen atoms in total. The van der Waals surface area contributed by atoms with Crippen molar-refractivity contribution < 1.29 is 22.7 Å². The summed E-state index contributed by atoms with van der Waals surface area (Å²) in [5, 5.41) is 2.69. The number of benzene rings is 2. The molecule has 0 radical (unpaired) electrons. The van der Waals surface area contributed by atoms with Gasteiger partial charge in [0.15, 0.2) is 15.9 Å². The first-order valence-corrected chi connectivity index (χ1v) is 9.91. The fourth-order valence-electron chi connectivity index (χ4n) is 2.28. The Morgan fingerprint density at radius 3 is 2.31 bits per heavy atom. The average Bonchev–Trinajstić information content (AvgIpc) is 2.60. The van der Waals surface area contributed by atoms with E-state index < -0.39 is 27.8 Å². The largest absolute Gasteiger partial charge is 0.449 e. The van der Waals surface area contributed by atoms with Gasteiger partial charge in [0.05, 0.1) is 10.5 Å². The van der Waals surface area contributed by atoms with Gasteiger partial charge in [-0.2, -0.15) is 0 Å². The van der Waals surface area contributed by atoms with Crippen LogP contribution in [0, 0.1) is 6.92 Å². The number of ether oxygens (including phenoxy) is 1. The van der Waals surface area contributed by atoms with Crippen LogP contribution in [0.3, 0.4) is 0 Å². The van der Waals surface area contributed by atoms with E-state index in [0.717, 1.165) is 17.4 Å². The molecule has 1 atom stereocenters. The Morgan fingerprint density at radius 2 is 1.69 bits per heavy atom. The zero-order valence-corrected chi connectivity index (χ0v) is 15.7. The molecule has 26 heavy (non-hydrogen) atoms. The van der Waals surface area contributed by atoms with Gasteiger partial charge in [-0.1, -0.05) is 42.0 Å². The molecule has 1 unspecified atom stereocenters. The van der Waals surface area contributed by atoms with Gasteiger partial charge in [0.25, 0.3) is 5.91 Å². The van der Waals surface area contributed by atoms with Crippen LogP contribution in [0.5, 0.6) is 0 Å². The number of amides is 1. The second-order valence-electron chi connectivity index (χ2n) is 6.02. The molecular formula is C19H21NO5S. The molecule has 2 aromatic rings. The maximum Gasteiger partial charge on any atom is 0.340 e. The average molecular weight is 375 g/mol. The molecule has 0 aromatic heterocycles. The number of sulfone groups is 1. The monoisotopic (exact) mass is 375 g/mol. The first-order valence-electron chi connectivity index (χ1n) is 8.02. The fourth-order valence-corrected chi connectivity index (χ4v) is 3.15. The summed E-state index contributed by atoms with van der Waals surface area (Å²) < 4.78 is 28.7. The highest BCUT2D eigenvalue weighted by atomic mass is 32.2. The molecule has 0 aliphatic rings. The standard InChI is InChI=1S/C19H21NO5S/c1-13-8-10-15(11-9-13)12-20-18(21)14(2)25-19(22)16-6-4-5-7-17(16)26(3,23)24/h4-11,14H,12H2,1-3H3,(H,20,21). The molecular weight excluding hydrogens is 354 g/mol. The summed E-state index contributed by atoms with van der Waals surface area (Å²) in [5.41, 5.74) is 1.95. The Morgan fingerprint density at radius 1 is 1.08 bits per heavy atom. The van der Waals surface area contributed by atoms with E-state index in [1.54, 1.807) is 0 Å². The molecule has 0 fully saturated rings. The van der Waals surface area contributed by atoms with Crippen LogP contribution in [0.4, 0.5) is 0 Å². The Balaban J connectivity index is 2.00. The molecule has 0 aliphatic carbocycles. The molecule has 2 rings (SSSR count). The highest BCUT2D eigenvalue weighted by molar-refractivity contribution is 7.90. The van der Waals surface area contributed by atoms with E-state index in [-0.39, 0.29) is 10.5 Å². The number of aryl methyl sites for hydroxylation is 1. The van der Waals surface area contributed by atoms with Crippen molar-refractivity contribution in [1.29, 1.82) is 0 Å². The van der Waals surface area contributed by atoms with Gasteiger partial charge in [0.2, 0.25) is 0 Å². The molecule has 0 spiro atoms. The van der Waals surface area contributed by atoms with E-state index in [9.17, 15) is 18.0 Å². The predicted molar refractivity (Wildman–Crippen MR) is 97.5 cm³/mol. The number of hydrogen-bond donors (Lipinski definition) is 1. The SMILES string of the molecule is Cc1ccc(CNC(=O)C(C)OC(=O)c2ccccc2S(C)(=O)=O)cc1. The van der Waals surface area contributed by atoms with Crippen molar-refractivity contribution in [3.05, 3.63) is 65.2 Å². The third kappa shape index (κ3) is 5.16. The molecule has 0 aliphatic heterocycles. The topological polar surface area (TPSA) is 89.5 Å². The van der Waals surface area contributed by atoms with E-state index in [4.69, 9.17) is 4.74 Å². The molecule has 1 amide bonds. The number of carbonyl (C=O) groups excluding carboxylic acids is 2. The van der Waals surface area contributed by atoms with E-state index >= 15 is 0 Å². The van der Waals surface area contributed by atoms with Crippen LogP contribution in [0.25, 0.3) is 0 Å². The van der Waals surface area contributed by atoms with Gasteiger partial charge in [-0.25, -0.2) is 13.2 Å². The van der Waals surface area contributed by atoms with Crippen LogP contribution in [0.1, 0.15) is 28.4 Å². The Bertz CT molecular complexity index is 904. The third-order valence-corrected chi connectivity index (χ3v) is 4.90. The Kier molecular flexibility index (Phi) is 6.15. The number of hydrogen-bond acceptors (Lipinski definition) is 5. The first kappa shape index (κ1) is 19.7. The molecule has 2 aromatic carbocycles. The van der Waals surface area contributed by atoms with Gasteiger partial charge in [-0.3, -0.25) is 4.79 Å². The molecule has 1 N–H and O–H groups in total. The molecule has 0 saturated heterocycles. The van der Waals surface area contributed by atoms with Crippen molar-refractivity contribution in [3.63, 3.8) is 0 Å². The van der Waals surface area contributed by atoms with E-state index in [1.807, 2.05) is 31.2 Å². The minimum Gasteiger partial charge on any atom is -0.449 e. The Hall–Kier alpha value is -2.67. The molecule has 138 valence electrons. The second kappa shape index (κ2) is 8.14. The lowest BCUT2D eigenvalue weighted by Crippen LogP contribution is -2.35. The van der Waals surface area contributed by atoms with Crippen LogP contribution in [-0.4, -0.2) is 32.7 Å². The zero-order valence-electron chi connectivity index (χ0n) is 14.9. The maximum atomic E-state index is 12.3. The number of carbonyl (C=O) groups is 2. The first-order chi connectivity index (χ1) is 12.2. The van der Waals surface area contributed by atoms with Crippen LogP contribution >= 0.6 is 0 Å². The van der Waals surface area contributed by atoms with Crippen LogP contribution < -0.4 is 5.32 Å². The molecule has 0 saturated carbocycles. The van der Waals surface area contributed by atoms with E-state index in [1.165, 1.54) is 31.2 Å². The van der Waals surface area contributed by atoms with Gasteiger partial charge in [0.1, 0.15) is 0 Å². The smallest absolute Gasteiger partial charge is 0.340 e. The fraction of sp³-hybridized carbons (Fsp3) is 0.263. The molecule has 0 bridgehead atoms. The van der Waals surface area contributed by atoms with E-state index in [0.29, 0.717) is 6.54 Å². The van der Waals surface area contributed by atoms with Crippen molar-refractivity contribution in [2.24, 2.45) is 0 Å².